The number of amides is 1. The number of fused-ring (bicyclic) bond motifs is 1. The SMILES string of the molecule is CC.CC=N/C=C(\C)c1nc(C(N)=O)c2cccc(Br)c2n1.CCC.COC1CCCCC1. The van der Waals surface area contributed by atoms with Gasteiger partial charge in [0.25, 0.3) is 5.91 Å². The molecule has 0 aliphatic heterocycles. The Morgan fingerprint density at radius 1 is 1.21 bits per heavy atom. The fraction of sp³-hybridized carbons (Fsp3) is 0.538. The first-order valence-corrected chi connectivity index (χ1v) is 12.6. The number of carbonyl (C=O) groups excluding carboxylic acids is 1. The van der Waals surface area contributed by atoms with Crippen LogP contribution in [0.4, 0.5) is 0 Å². The van der Waals surface area contributed by atoms with E-state index in [1.54, 1.807) is 18.5 Å². The van der Waals surface area contributed by atoms with Gasteiger partial charge < -0.3 is 10.5 Å². The molecule has 1 aliphatic rings. The Morgan fingerprint density at radius 3 is 2.30 bits per heavy atom. The predicted octanol–water partition coefficient (Wildman–Crippen LogP) is 7.35. The summed E-state index contributed by atoms with van der Waals surface area (Å²) < 4.78 is 5.98. The molecule has 0 unspecified atom stereocenters. The number of allylic oxidation sites excluding steroid dienone is 1. The first-order chi connectivity index (χ1) is 15.9. The maximum absolute atomic E-state index is 11.6. The molecular formula is C26H41BrN4O2. The summed E-state index contributed by atoms with van der Waals surface area (Å²) in [6.07, 6.45) is 11.9. The number of primary amides is 1. The van der Waals surface area contributed by atoms with Crippen molar-refractivity contribution in [3.05, 3.63) is 40.4 Å². The Labute approximate surface area is 208 Å². The molecule has 0 saturated heterocycles. The van der Waals surface area contributed by atoms with Crippen LogP contribution in [0.3, 0.4) is 0 Å². The van der Waals surface area contributed by atoms with Gasteiger partial charge in [0.15, 0.2) is 5.82 Å². The number of carbonyl (C=O) groups is 1. The minimum atomic E-state index is -0.580. The van der Waals surface area contributed by atoms with Gasteiger partial charge in [0.2, 0.25) is 0 Å². The van der Waals surface area contributed by atoms with Gasteiger partial charge in [0.05, 0.1) is 11.6 Å². The van der Waals surface area contributed by atoms with Crippen molar-refractivity contribution in [2.75, 3.05) is 7.11 Å². The molecule has 33 heavy (non-hydrogen) atoms. The molecule has 1 aromatic heterocycles. The molecule has 0 radical (unpaired) electrons. The molecule has 3 rings (SSSR count). The second kappa shape index (κ2) is 18.3. The van der Waals surface area contributed by atoms with E-state index in [4.69, 9.17) is 10.5 Å². The summed E-state index contributed by atoms with van der Waals surface area (Å²) in [4.78, 5) is 24.3. The van der Waals surface area contributed by atoms with Crippen LogP contribution in [0.25, 0.3) is 16.5 Å². The summed E-state index contributed by atoms with van der Waals surface area (Å²) in [5, 5.41) is 0.627. The second-order valence-electron chi connectivity index (χ2n) is 7.32. The number of aromatic nitrogens is 2. The van der Waals surface area contributed by atoms with Crippen molar-refractivity contribution in [1.29, 1.82) is 0 Å². The third-order valence-corrected chi connectivity index (χ3v) is 5.21. The summed E-state index contributed by atoms with van der Waals surface area (Å²) in [7, 11) is 1.82. The summed E-state index contributed by atoms with van der Waals surface area (Å²) in [5.41, 5.74) is 7.02. The van der Waals surface area contributed by atoms with Gasteiger partial charge in [-0.1, -0.05) is 65.5 Å². The number of methoxy groups -OCH3 is 1. The van der Waals surface area contributed by atoms with Crippen LogP contribution in [0, 0.1) is 0 Å². The lowest BCUT2D eigenvalue weighted by atomic mass is 9.98. The lowest BCUT2D eigenvalue weighted by molar-refractivity contribution is 0.0710. The van der Waals surface area contributed by atoms with Crippen molar-refractivity contribution in [3.63, 3.8) is 0 Å². The Morgan fingerprint density at radius 2 is 1.82 bits per heavy atom. The van der Waals surface area contributed by atoms with E-state index in [1.165, 1.54) is 38.5 Å². The molecule has 1 aromatic carbocycles. The number of halogens is 1. The minimum absolute atomic E-state index is 0.208. The Balaban J connectivity index is 0.000000651. The average Bonchev–Trinajstić information content (AvgIpc) is 2.84. The Hall–Kier alpha value is -2.12. The monoisotopic (exact) mass is 520 g/mol. The van der Waals surface area contributed by atoms with Crippen LogP contribution in [-0.2, 0) is 4.74 Å². The molecule has 2 aromatic rings. The van der Waals surface area contributed by atoms with Gasteiger partial charge in [-0.2, -0.15) is 0 Å². The van der Waals surface area contributed by atoms with Crippen molar-refractivity contribution in [1.82, 2.24) is 9.97 Å². The van der Waals surface area contributed by atoms with Crippen LogP contribution in [0.15, 0.2) is 33.9 Å². The number of hydrogen-bond acceptors (Lipinski definition) is 5. The lowest BCUT2D eigenvalue weighted by Gasteiger charge is -2.19. The zero-order chi connectivity index (χ0) is 25.2. The smallest absolute Gasteiger partial charge is 0.268 e. The summed E-state index contributed by atoms with van der Waals surface area (Å²) in [5.74, 6) is -0.146. The maximum Gasteiger partial charge on any atom is 0.268 e. The summed E-state index contributed by atoms with van der Waals surface area (Å²) >= 11 is 3.42. The van der Waals surface area contributed by atoms with E-state index in [9.17, 15) is 4.79 Å². The van der Waals surface area contributed by atoms with Gasteiger partial charge >= 0.3 is 0 Å². The van der Waals surface area contributed by atoms with Crippen molar-refractivity contribution >= 4 is 44.5 Å². The number of para-hydroxylation sites is 1. The number of aliphatic imine (C=N–C) groups is 1. The number of nitrogens with two attached hydrogens (primary N) is 1. The number of rotatable bonds is 4. The van der Waals surface area contributed by atoms with Gasteiger partial charge in [-0.3, -0.25) is 9.79 Å². The van der Waals surface area contributed by atoms with E-state index in [2.05, 4.69) is 44.7 Å². The summed E-state index contributed by atoms with van der Waals surface area (Å²) in [6.45, 7) is 11.9. The molecule has 0 spiro atoms. The number of ether oxygens (including phenoxy) is 1. The summed E-state index contributed by atoms with van der Waals surface area (Å²) in [6, 6.07) is 5.44. The first-order valence-electron chi connectivity index (χ1n) is 11.8. The van der Waals surface area contributed by atoms with Crippen molar-refractivity contribution in [3.8, 4) is 0 Å². The van der Waals surface area contributed by atoms with E-state index in [1.807, 2.05) is 46.9 Å². The maximum atomic E-state index is 11.6. The highest BCUT2D eigenvalue weighted by Crippen LogP contribution is 2.25. The van der Waals surface area contributed by atoms with Gasteiger partial charge in [-0.15, -0.1) is 0 Å². The van der Waals surface area contributed by atoms with Crippen LogP contribution >= 0.6 is 15.9 Å². The highest BCUT2D eigenvalue weighted by molar-refractivity contribution is 9.10. The van der Waals surface area contributed by atoms with Crippen molar-refractivity contribution < 1.29 is 9.53 Å². The molecular weight excluding hydrogens is 480 g/mol. The third-order valence-electron chi connectivity index (χ3n) is 4.57. The first kappa shape index (κ1) is 30.9. The van der Waals surface area contributed by atoms with Crippen LogP contribution in [-0.4, -0.2) is 35.3 Å². The molecule has 0 bridgehead atoms. The molecule has 1 aliphatic carbocycles. The zero-order valence-corrected chi connectivity index (χ0v) is 22.9. The van der Waals surface area contributed by atoms with Gasteiger partial charge in [-0.25, -0.2) is 9.97 Å². The fourth-order valence-corrected chi connectivity index (χ4v) is 3.48. The van der Waals surface area contributed by atoms with Gasteiger partial charge in [-0.05, 0) is 48.7 Å². The average molecular weight is 522 g/mol. The van der Waals surface area contributed by atoms with Crippen molar-refractivity contribution in [2.45, 2.75) is 86.2 Å². The van der Waals surface area contributed by atoms with Gasteiger partial charge in [0, 0.05) is 35.0 Å². The lowest BCUT2D eigenvalue weighted by Crippen LogP contribution is -2.15. The minimum Gasteiger partial charge on any atom is -0.381 e. The van der Waals surface area contributed by atoms with Crippen LogP contribution in [0.1, 0.15) is 96.4 Å². The molecule has 7 heteroatoms. The molecule has 1 saturated carbocycles. The Kier molecular flexibility index (Phi) is 17.1. The largest absolute Gasteiger partial charge is 0.381 e. The van der Waals surface area contributed by atoms with Crippen molar-refractivity contribution in [2.24, 2.45) is 10.7 Å². The van der Waals surface area contributed by atoms with Crippen LogP contribution < -0.4 is 5.73 Å². The van der Waals surface area contributed by atoms with E-state index in [0.29, 0.717) is 22.8 Å². The fourth-order valence-electron chi connectivity index (χ4n) is 3.03. The topological polar surface area (TPSA) is 90.5 Å². The molecule has 1 amide bonds. The zero-order valence-electron chi connectivity index (χ0n) is 21.3. The number of hydrogen-bond donors (Lipinski definition) is 1. The van der Waals surface area contributed by atoms with E-state index >= 15 is 0 Å². The van der Waals surface area contributed by atoms with E-state index < -0.39 is 5.91 Å². The third kappa shape index (κ3) is 11.0. The molecule has 1 heterocycles. The normalized spacial score (nSPS) is 13.9. The highest BCUT2D eigenvalue weighted by atomic mass is 79.9. The second-order valence-corrected chi connectivity index (χ2v) is 8.17. The molecule has 6 nitrogen and oxygen atoms in total. The van der Waals surface area contributed by atoms with Crippen LogP contribution in [0.5, 0.6) is 0 Å². The number of benzene rings is 1. The molecule has 184 valence electrons. The molecule has 1 fully saturated rings. The van der Waals surface area contributed by atoms with Crippen LogP contribution in [0.2, 0.25) is 0 Å². The standard InChI is InChI=1S/C14H13BrN4O.C7H14O.C3H8.C2H6/c1-3-17-7-8(2)14-18-11-9(5-4-6-10(11)15)12(19-14)13(16)20;1-8-7-5-3-2-4-6-7;1-3-2;1-2/h3-7H,1-2H3,(H2,16,20);7H,2-6H2,1H3;3H2,1-2H3;1-2H3/b8-7+,17-3?;;;. The number of nitrogens with zero attached hydrogens (tertiary/aromatic N) is 3. The quantitative estimate of drug-likeness (QED) is 0.426. The highest BCUT2D eigenvalue weighted by Gasteiger charge is 2.14. The Bertz CT molecular complexity index is 891. The van der Waals surface area contributed by atoms with E-state index in [-0.39, 0.29) is 5.69 Å². The predicted molar refractivity (Wildman–Crippen MR) is 145 cm³/mol. The van der Waals surface area contributed by atoms with Gasteiger partial charge in [0.1, 0.15) is 5.69 Å². The molecule has 0 atom stereocenters. The molecule has 2 N–H and O–H groups in total. The van der Waals surface area contributed by atoms with E-state index in [0.717, 1.165) is 10.0 Å².